The highest BCUT2D eigenvalue weighted by molar-refractivity contribution is 7.15. The van der Waals surface area contributed by atoms with E-state index in [1.54, 1.807) is 13.2 Å². The summed E-state index contributed by atoms with van der Waals surface area (Å²) in [6.45, 7) is 2.28. The molecule has 0 aliphatic heterocycles. The van der Waals surface area contributed by atoms with Crippen molar-refractivity contribution in [3.05, 3.63) is 53.4 Å². The molecule has 0 fully saturated rings. The number of thiazole rings is 1. The largest absolute Gasteiger partial charge is 0.573 e. The number of alkyl halides is 3. The number of aromatic nitrogens is 1. The van der Waals surface area contributed by atoms with E-state index in [4.69, 9.17) is 9.72 Å². The van der Waals surface area contributed by atoms with Gasteiger partial charge in [0.25, 0.3) is 0 Å². The van der Waals surface area contributed by atoms with E-state index < -0.39 is 6.36 Å². The number of nitrogens with one attached hydrogen (secondary N) is 1. The summed E-state index contributed by atoms with van der Waals surface area (Å²) in [6, 6.07) is 13.4. The van der Waals surface area contributed by atoms with Crippen LogP contribution < -0.4 is 14.8 Å². The maximum absolute atomic E-state index is 12.6. The topological polar surface area (TPSA) is 46.6 Å². The SMILES string of the molecule is COc1cccc(-c2nc(-c3cccc(OC(F)(F)F)c3)sc2CNCCN(C)C)c1. The Morgan fingerprint density at radius 3 is 2.39 bits per heavy atom. The third-order valence-electron chi connectivity index (χ3n) is 4.38. The number of hydrogen-bond acceptors (Lipinski definition) is 6. The Bertz CT molecular complexity index is 1010. The van der Waals surface area contributed by atoms with Crippen molar-refractivity contribution in [3.8, 4) is 33.3 Å². The minimum atomic E-state index is -4.74. The molecule has 0 spiro atoms. The predicted molar refractivity (Wildman–Crippen MR) is 116 cm³/mol. The molecule has 0 aliphatic carbocycles. The zero-order valence-corrected chi connectivity index (χ0v) is 18.3. The van der Waals surface area contributed by atoms with Gasteiger partial charge in [-0.05, 0) is 38.4 Å². The minimum Gasteiger partial charge on any atom is -0.497 e. The smallest absolute Gasteiger partial charge is 0.497 e. The Kier molecular flexibility index (Phi) is 7.53. The molecule has 9 heteroatoms. The molecule has 1 aromatic heterocycles. The fourth-order valence-corrected chi connectivity index (χ4v) is 3.97. The molecule has 166 valence electrons. The highest BCUT2D eigenvalue weighted by Gasteiger charge is 2.31. The van der Waals surface area contributed by atoms with Crippen molar-refractivity contribution in [1.29, 1.82) is 0 Å². The van der Waals surface area contributed by atoms with Gasteiger partial charge in [0.15, 0.2) is 0 Å². The second-order valence-electron chi connectivity index (χ2n) is 7.08. The average Bonchev–Trinajstić information content (AvgIpc) is 3.14. The number of rotatable bonds is 9. The quantitative estimate of drug-likeness (QED) is 0.462. The van der Waals surface area contributed by atoms with Gasteiger partial charge < -0.3 is 19.7 Å². The first-order valence-corrected chi connectivity index (χ1v) is 10.4. The normalized spacial score (nSPS) is 11.7. The van der Waals surface area contributed by atoms with Crippen molar-refractivity contribution in [3.63, 3.8) is 0 Å². The van der Waals surface area contributed by atoms with Crippen LogP contribution in [0.1, 0.15) is 4.88 Å². The summed E-state index contributed by atoms with van der Waals surface area (Å²) in [5.41, 5.74) is 2.22. The first-order chi connectivity index (χ1) is 14.7. The lowest BCUT2D eigenvalue weighted by Gasteiger charge is -2.10. The zero-order valence-electron chi connectivity index (χ0n) is 17.5. The Morgan fingerprint density at radius 1 is 1.03 bits per heavy atom. The molecule has 3 rings (SSSR count). The molecule has 0 unspecified atom stereocenters. The van der Waals surface area contributed by atoms with Crippen molar-refractivity contribution in [2.24, 2.45) is 0 Å². The molecule has 0 radical (unpaired) electrons. The van der Waals surface area contributed by atoms with E-state index in [1.807, 2.05) is 38.4 Å². The Balaban J connectivity index is 1.93. The Morgan fingerprint density at radius 2 is 1.71 bits per heavy atom. The van der Waals surface area contributed by atoms with Crippen molar-refractivity contribution in [2.75, 3.05) is 34.3 Å². The maximum atomic E-state index is 12.6. The van der Waals surface area contributed by atoms with Crippen LogP contribution in [0.3, 0.4) is 0 Å². The number of nitrogens with zero attached hydrogens (tertiary/aromatic N) is 2. The van der Waals surface area contributed by atoms with E-state index in [0.717, 1.165) is 29.2 Å². The third-order valence-corrected chi connectivity index (χ3v) is 5.48. The van der Waals surface area contributed by atoms with Gasteiger partial charge in [-0.15, -0.1) is 24.5 Å². The predicted octanol–water partition coefficient (Wildman–Crippen LogP) is 5.04. The van der Waals surface area contributed by atoms with Crippen molar-refractivity contribution < 1.29 is 22.6 Å². The second kappa shape index (κ2) is 10.1. The molecule has 0 atom stereocenters. The lowest BCUT2D eigenvalue weighted by Crippen LogP contribution is -2.26. The van der Waals surface area contributed by atoms with Crippen LogP contribution in [-0.4, -0.2) is 50.5 Å². The van der Waals surface area contributed by atoms with Crippen molar-refractivity contribution >= 4 is 11.3 Å². The first kappa shape index (κ1) is 23.1. The zero-order chi connectivity index (χ0) is 22.4. The molecule has 0 bridgehead atoms. The second-order valence-corrected chi connectivity index (χ2v) is 8.16. The van der Waals surface area contributed by atoms with E-state index in [9.17, 15) is 13.2 Å². The molecule has 2 aromatic carbocycles. The molecule has 5 nitrogen and oxygen atoms in total. The summed E-state index contributed by atoms with van der Waals surface area (Å²) < 4.78 is 47.2. The molecular weight excluding hydrogens is 427 g/mol. The maximum Gasteiger partial charge on any atom is 0.573 e. The van der Waals surface area contributed by atoms with E-state index >= 15 is 0 Å². The Labute approximate surface area is 183 Å². The van der Waals surface area contributed by atoms with Gasteiger partial charge in [0.2, 0.25) is 0 Å². The first-order valence-electron chi connectivity index (χ1n) is 9.61. The summed E-state index contributed by atoms with van der Waals surface area (Å²) >= 11 is 1.44. The summed E-state index contributed by atoms with van der Waals surface area (Å²) in [4.78, 5) is 7.83. The highest BCUT2D eigenvalue weighted by atomic mass is 32.1. The van der Waals surface area contributed by atoms with Crippen molar-refractivity contribution in [1.82, 2.24) is 15.2 Å². The van der Waals surface area contributed by atoms with Crippen LogP contribution in [0.25, 0.3) is 21.8 Å². The lowest BCUT2D eigenvalue weighted by atomic mass is 10.1. The lowest BCUT2D eigenvalue weighted by molar-refractivity contribution is -0.274. The van der Waals surface area contributed by atoms with Gasteiger partial charge in [0.05, 0.1) is 12.8 Å². The van der Waals surface area contributed by atoms with Gasteiger partial charge in [-0.3, -0.25) is 0 Å². The van der Waals surface area contributed by atoms with Crippen molar-refractivity contribution in [2.45, 2.75) is 12.9 Å². The number of likely N-dealkylation sites (N-methyl/N-ethyl adjacent to an activating group) is 1. The van der Waals surface area contributed by atoms with Crippen LogP contribution in [0.5, 0.6) is 11.5 Å². The summed E-state index contributed by atoms with van der Waals surface area (Å²) in [7, 11) is 5.61. The molecule has 0 saturated heterocycles. The number of benzene rings is 2. The van der Waals surface area contributed by atoms with E-state index in [0.29, 0.717) is 22.9 Å². The number of hydrogen-bond donors (Lipinski definition) is 1. The molecule has 0 saturated carbocycles. The number of ether oxygens (including phenoxy) is 2. The van der Waals surface area contributed by atoms with Gasteiger partial charge in [0, 0.05) is 35.6 Å². The van der Waals surface area contributed by atoms with E-state index in [1.165, 1.54) is 29.5 Å². The molecule has 31 heavy (non-hydrogen) atoms. The van der Waals surface area contributed by atoms with E-state index in [-0.39, 0.29) is 5.75 Å². The molecule has 0 aliphatic rings. The number of halogens is 3. The van der Waals surface area contributed by atoms with Crippen LogP contribution in [0.4, 0.5) is 13.2 Å². The van der Waals surface area contributed by atoms with Gasteiger partial charge in [-0.1, -0.05) is 24.3 Å². The third kappa shape index (κ3) is 6.68. The van der Waals surface area contributed by atoms with Crippen LogP contribution in [-0.2, 0) is 6.54 Å². The molecule has 1 heterocycles. The van der Waals surface area contributed by atoms with Gasteiger partial charge >= 0.3 is 6.36 Å². The van der Waals surface area contributed by atoms with Gasteiger partial charge in [0.1, 0.15) is 16.5 Å². The summed E-state index contributed by atoms with van der Waals surface area (Å²) in [6.07, 6.45) is -4.74. The molecule has 0 amide bonds. The van der Waals surface area contributed by atoms with Crippen LogP contribution in [0, 0.1) is 0 Å². The minimum absolute atomic E-state index is 0.270. The van der Waals surface area contributed by atoms with Crippen LogP contribution >= 0.6 is 11.3 Å². The van der Waals surface area contributed by atoms with Crippen LogP contribution in [0.2, 0.25) is 0 Å². The highest BCUT2D eigenvalue weighted by Crippen LogP contribution is 2.36. The molecular formula is C22H24F3N3O2S. The molecule has 3 aromatic rings. The standard InChI is InChI=1S/C22H24F3N3O2S/c1-28(2)11-10-26-14-19-20(15-6-4-8-17(12-15)29-3)27-21(31-19)16-7-5-9-18(13-16)30-22(23,24)25/h4-9,12-13,26H,10-11,14H2,1-3H3. The van der Waals surface area contributed by atoms with E-state index in [2.05, 4.69) is 15.0 Å². The summed E-state index contributed by atoms with van der Waals surface area (Å²) in [5, 5.41) is 4.02. The monoisotopic (exact) mass is 451 g/mol. The fourth-order valence-electron chi connectivity index (χ4n) is 2.92. The summed E-state index contributed by atoms with van der Waals surface area (Å²) in [5.74, 6) is 0.438. The fraction of sp³-hybridized carbons (Fsp3) is 0.318. The van der Waals surface area contributed by atoms with Crippen LogP contribution in [0.15, 0.2) is 48.5 Å². The average molecular weight is 452 g/mol. The Hall–Kier alpha value is -2.62. The van der Waals surface area contributed by atoms with Gasteiger partial charge in [-0.25, -0.2) is 4.98 Å². The molecule has 1 N–H and O–H groups in total. The number of methoxy groups -OCH3 is 1. The van der Waals surface area contributed by atoms with Gasteiger partial charge in [-0.2, -0.15) is 0 Å².